The maximum absolute atomic E-state index is 12.7. The van der Waals surface area contributed by atoms with E-state index < -0.39 is 15.9 Å². The van der Waals surface area contributed by atoms with Gasteiger partial charge in [-0.2, -0.15) is 5.10 Å². The molecule has 0 aliphatic rings. The van der Waals surface area contributed by atoms with Crippen molar-refractivity contribution >= 4 is 27.5 Å². The van der Waals surface area contributed by atoms with E-state index >= 15 is 0 Å². The second-order valence-electron chi connectivity index (χ2n) is 5.99. The Morgan fingerprint density at radius 2 is 1.79 bits per heavy atom. The summed E-state index contributed by atoms with van der Waals surface area (Å²) in [7, 11) is -3.83. The number of sulfonamides is 1. The number of hydrogen-bond acceptors (Lipinski definition) is 6. The number of anilines is 1. The molecule has 0 radical (unpaired) electrons. The third-order valence-electron chi connectivity index (χ3n) is 3.99. The minimum Gasteiger partial charge on any atom is -0.306 e. The van der Waals surface area contributed by atoms with Gasteiger partial charge in [0.2, 0.25) is 10.0 Å². The molecular weight excluding hydrogens is 382 g/mol. The van der Waals surface area contributed by atoms with Crippen molar-refractivity contribution in [1.29, 1.82) is 0 Å². The molecule has 0 spiro atoms. The molecule has 28 heavy (non-hydrogen) atoms. The van der Waals surface area contributed by atoms with E-state index in [1.54, 1.807) is 25.1 Å². The minimum atomic E-state index is -3.83. The lowest BCUT2D eigenvalue weighted by Gasteiger charge is -2.07. The van der Waals surface area contributed by atoms with Gasteiger partial charge in [-0.1, -0.05) is 6.07 Å². The Bertz CT molecular complexity index is 1150. The summed E-state index contributed by atoms with van der Waals surface area (Å²) in [5.74, 6) is -0.561. The summed E-state index contributed by atoms with van der Waals surface area (Å²) in [4.78, 5) is 28.8. The van der Waals surface area contributed by atoms with Crippen molar-refractivity contribution in [2.24, 2.45) is 5.14 Å². The zero-order valence-electron chi connectivity index (χ0n) is 15.1. The zero-order chi connectivity index (χ0) is 20.5. The summed E-state index contributed by atoms with van der Waals surface area (Å²) < 4.78 is 24.2. The predicted molar refractivity (Wildman–Crippen MR) is 102 cm³/mol. The molecule has 0 bridgehead atoms. The number of benzene rings is 1. The number of carbonyl (C=O) groups excluding carboxylic acids is 2. The van der Waals surface area contributed by atoms with Crippen LogP contribution in [0.25, 0.3) is 5.69 Å². The highest BCUT2D eigenvalue weighted by molar-refractivity contribution is 7.89. The fraction of sp³-hybridized carbons (Fsp3) is 0.111. The summed E-state index contributed by atoms with van der Waals surface area (Å²) in [5.41, 5.74) is 1.02. The van der Waals surface area contributed by atoms with Crippen LogP contribution in [0.1, 0.15) is 33.5 Å². The summed E-state index contributed by atoms with van der Waals surface area (Å²) in [6.07, 6.45) is 1.53. The normalized spacial score (nSPS) is 11.2. The van der Waals surface area contributed by atoms with Gasteiger partial charge in [0.05, 0.1) is 21.8 Å². The molecular formula is C18H17N5O4S. The second kappa shape index (κ2) is 7.33. The van der Waals surface area contributed by atoms with Gasteiger partial charge in [0.25, 0.3) is 5.91 Å². The first-order valence-corrected chi connectivity index (χ1v) is 9.69. The smallest absolute Gasteiger partial charge is 0.261 e. The number of rotatable bonds is 5. The number of nitrogens with one attached hydrogen (secondary N) is 1. The van der Waals surface area contributed by atoms with Gasteiger partial charge in [0.15, 0.2) is 5.78 Å². The molecule has 9 nitrogen and oxygen atoms in total. The van der Waals surface area contributed by atoms with E-state index in [9.17, 15) is 18.0 Å². The van der Waals surface area contributed by atoms with Gasteiger partial charge in [0, 0.05) is 13.1 Å². The number of carbonyl (C=O) groups is 2. The average Bonchev–Trinajstić information content (AvgIpc) is 2.99. The number of amides is 1. The van der Waals surface area contributed by atoms with Crippen LogP contribution in [0, 0.1) is 6.92 Å². The van der Waals surface area contributed by atoms with Crippen LogP contribution in [-0.4, -0.2) is 34.9 Å². The number of nitrogens with zero attached hydrogens (tertiary/aromatic N) is 3. The highest BCUT2D eigenvalue weighted by atomic mass is 32.2. The fourth-order valence-electron chi connectivity index (χ4n) is 2.66. The maximum Gasteiger partial charge on any atom is 0.261 e. The molecule has 0 saturated carbocycles. The van der Waals surface area contributed by atoms with Crippen molar-refractivity contribution in [3.05, 3.63) is 65.6 Å². The van der Waals surface area contributed by atoms with Gasteiger partial charge in [0.1, 0.15) is 11.5 Å². The topological polar surface area (TPSA) is 137 Å². The summed E-state index contributed by atoms with van der Waals surface area (Å²) >= 11 is 0. The van der Waals surface area contributed by atoms with Crippen LogP contribution in [0.4, 0.5) is 5.82 Å². The molecule has 0 saturated heterocycles. The molecule has 144 valence electrons. The van der Waals surface area contributed by atoms with Crippen molar-refractivity contribution in [3.63, 3.8) is 0 Å². The molecule has 10 heteroatoms. The molecule has 0 aliphatic heterocycles. The van der Waals surface area contributed by atoms with Gasteiger partial charge in [-0.05, 0) is 43.3 Å². The van der Waals surface area contributed by atoms with Crippen LogP contribution in [0.15, 0.2) is 53.6 Å². The van der Waals surface area contributed by atoms with Crippen LogP contribution >= 0.6 is 0 Å². The number of ketones is 1. The number of aromatic nitrogens is 3. The monoisotopic (exact) mass is 399 g/mol. The first-order chi connectivity index (χ1) is 13.2. The molecule has 0 fully saturated rings. The molecule has 3 aromatic rings. The number of primary sulfonamides is 1. The first kappa shape index (κ1) is 19.4. The molecule has 2 aromatic heterocycles. The molecule has 3 N–H and O–H groups in total. The van der Waals surface area contributed by atoms with Crippen LogP contribution in [0.5, 0.6) is 0 Å². The van der Waals surface area contributed by atoms with Crippen molar-refractivity contribution in [3.8, 4) is 5.69 Å². The molecule has 0 atom stereocenters. The largest absolute Gasteiger partial charge is 0.306 e. The van der Waals surface area contributed by atoms with Crippen molar-refractivity contribution in [2.45, 2.75) is 18.7 Å². The van der Waals surface area contributed by atoms with Gasteiger partial charge in [-0.25, -0.2) is 23.2 Å². The van der Waals surface area contributed by atoms with E-state index in [4.69, 9.17) is 5.14 Å². The van der Waals surface area contributed by atoms with Crippen LogP contribution in [0.3, 0.4) is 0 Å². The lowest BCUT2D eigenvalue weighted by Crippen LogP contribution is -2.16. The standard InChI is InChI=1S/C18H17N5O4S/c1-11-16(18(25)21-15-5-3-4-10-20-15)17(12(2)24)22-23(11)13-6-8-14(9-7-13)28(19,26)27/h3-10H,1-2H3,(H2,19,26,27)(H,20,21,25). The molecule has 3 rings (SSSR count). The molecule has 1 aromatic carbocycles. The lowest BCUT2D eigenvalue weighted by atomic mass is 10.1. The predicted octanol–water partition coefficient (Wildman–Crippen LogP) is 1.68. The number of Topliss-reactive ketones (excluding diaryl/α,β-unsaturated/α-hetero) is 1. The van der Waals surface area contributed by atoms with E-state index in [1.165, 1.54) is 42.1 Å². The number of nitrogens with two attached hydrogens (primary N) is 1. The van der Waals surface area contributed by atoms with E-state index in [0.29, 0.717) is 17.2 Å². The van der Waals surface area contributed by atoms with Gasteiger partial charge in [-0.3, -0.25) is 9.59 Å². The number of hydrogen-bond donors (Lipinski definition) is 2. The Hall–Kier alpha value is -3.37. The van der Waals surface area contributed by atoms with Crippen LogP contribution in [-0.2, 0) is 10.0 Å². The van der Waals surface area contributed by atoms with Crippen molar-refractivity contribution in [2.75, 3.05) is 5.32 Å². The summed E-state index contributed by atoms with van der Waals surface area (Å²) in [6, 6.07) is 10.7. The summed E-state index contributed by atoms with van der Waals surface area (Å²) in [5, 5.41) is 12.0. The maximum atomic E-state index is 12.7. The highest BCUT2D eigenvalue weighted by Crippen LogP contribution is 2.21. The number of pyridine rings is 1. The molecule has 0 unspecified atom stereocenters. The SMILES string of the molecule is CC(=O)c1nn(-c2ccc(S(N)(=O)=O)cc2)c(C)c1C(=O)Nc1ccccn1. The van der Waals surface area contributed by atoms with Gasteiger partial charge in [-0.15, -0.1) is 0 Å². The third kappa shape index (κ3) is 3.82. The Morgan fingerprint density at radius 3 is 2.32 bits per heavy atom. The van der Waals surface area contributed by atoms with Crippen molar-refractivity contribution < 1.29 is 18.0 Å². The second-order valence-corrected chi connectivity index (χ2v) is 7.55. The minimum absolute atomic E-state index is 0.00135. The fourth-order valence-corrected chi connectivity index (χ4v) is 3.18. The first-order valence-electron chi connectivity index (χ1n) is 8.14. The van der Waals surface area contributed by atoms with E-state index in [2.05, 4.69) is 15.4 Å². The van der Waals surface area contributed by atoms with Crippen LogP contribution < -0.4 is 10.5 Å². The Kier molecular flexibility index (Phi) is 5.08. The quantitative estimate of drug-likeness (QED) is 0.626. The zero-order valence-corrected chi connectivity index (χ0v) is 15.9. The van der Waals surface area contributed by atoms with Gasteiger partial charge >= 0.3 is 0 Å². The van der Waals surface area contributed by atoms with Crippen LogP contribution in [0.2, 0.25) is 0 Å². The highest BCUT2D eigenvalue weighted by Gasteiger charge is 2.25. The Labute approximate surface area is 161 Å². The Morgan fingerprint density at radius 1 is 1.11 bits per heavy atom. The summed E-state index contributed by atoms with van der Waals surface area (Å²) in [6.45, 7) is 2.95. The molecule has 0 aliphatic carbocycles. The Balaban J connectivity index is 2.04. The molecule has 2 heterocycles. The lowest BCUT2D eigenvalue weighted by molar-refractivity contribution is 0.0982. The van der Waals surface area contributed by atoms with E-state index in [0.717, 1.165) is 0 Å². The van der Waals surface area contributed by atoms with Gasteiger partial charge < -0.3 is 5.32 Å². The average molecular weight is 399 g/mol. The van der Waals surface area contributed by atoms with E-state index in [1.807, 2.05) is 0 Å². The third-order valence-corrected chi connectivity index (χ3v) is 4.92. The van der Waals surface area contributed by atoms with Crippen molar-refractivity contribution in [1.82, 2.24) is 14.8 Å². The molecule has 1 amide bonds. The van der Waals surface area contributed by atoms with E-state index in [-0.39, 0.29) is 21.9 Å².